The van der Waals surface area contributed by atoms with Gasteiger partial charge in [0.1, 0.15) is 0 Å². The summed E-state index contributed by atoms with van der Waals surface area (Å²) in [5, 5.41) is 2.71. The highest BCUT2D eigenvalue weighted by Gasteiger charge is 2.12. The first-order valence-electron chi connectivity index (χ1n) is 8.73. The molecule has 0 fully saturated rings. The minimum atomic E-state index is -0.479. The summed E-state index contributed by atoms with van der Waals surface area (Å²) in [5.74, 6) is 0.249. The summed E-state index contributed by atoms with van der Waals surface area (Å²) >= 11 is 2.12. The van der Waals surface area contributed by atoms with Crippen molar-refractivity contribution in [3.63, 3.8) is 0 Å². The lowest BCUT2D eigenvalue weighted by Gasteiger charge is -2.07. The van der Waals surface area contributed by atoms with Gasteiger partial charge in [0.25, 0.3) is 5.91 Å². The van der Waals surface area contributed by atoms with Gasteiger partial charge in [0.05, 0.1) is 18.3 Å². The molecule has 0 aliphatic heterocycles. The first kappa shape index (κ1) is 20.1. The lowest BCUT2D eigenvalue weighted by molar-refractivity contribution is -0.147. The molecule has 2 aromatic carbocycles. The lowest BCUT2D eigenvalue weighted by Crippen LogP contribution is -2.21. The van der Waals surface area contributed by atoms with Gasteiger partial charge in [-0.1, -0.05) is 42.0 Å². The van der Waals surface area contributed by atoms with E-state index in [1.807, 2.05) is 49.4 Å². The SMILES string of the molecule is Cc1ccc(-c2cnc(CCC(=O)OCC(=O)Nc3ccccc3I)o2)cc1. The predicted molar refractivity (Wildman–Crippen MR) is 114 cm³/mol. The van der Waals surface area contributed by atoms with Gasteiger partial charge < -0.3 is 14.5 Å². The molecule has 1 heterocycles. The molecule has 0 aliphatic rings. The summed E-state index contributed by atoms with van der Waals surface area (Å²) in [4.78, 5) is 28.0. The molecule has 1 aromatic heterocycles. The van der Waals surface area contributed by atoms with Crippen molar-refractivity contribution in [3.8, 4) is 11.3 Å². The van der Waals surface area contributed by atoms with Gasteiger partial charge in [-0.05, 0) is 41.6 Å². The van der Waals surface area contributed by atoms with Crippen molar-refractivity contribution in [3.05, 3.63) is 69.8 Å². The Kier molecular flexibility index (Phi) is 6.80. The van der Waals surface area contributed by atoms with E-state index in [-0.39, 0.29) is 18.9 Å². The molecule has 0 spiro atoms. The van der Waals surface area contributed by atoms with Crippen LogP contribution in [0.4, 0.5) is 5.69 Å². The highest BCUT2D eigenvalue weighted by molar-refractivity contribution is 14.1. The maximum absolute atomic E-state index is 11.9. The minimum Gasteiger partial charge on any atom is -0.456 e. The molecular weight excluding hydrogens is 471 g/mol. The van der Waals surface area contributed by atoms with Crippen LogP contribution >= 0.6 is 22.6 Å². The lowest BCUT2D eigenvalue weighted by atomic mass is 10.1. The monoisotopic (exact) mass is 490 g/mol. The van der Waals surface area contributed by atoms with Crippen LogP contribution in [0.3, 0.4) is 0 Å². The third kappa shape index (κ3) is 5.66. The third-order valence-electron chi connectivity index (χ3n) is 3.94. The Balaban J connectivity index is 1.44. The zero-order valence-corrected chi connectivity index (χ0v) is 17.4. The van der Waals surface area contributed by atoms with Gasteiger partial charge in [-0.3, -0.25) is 9.59 Å². The summed E-state index contributed by atoms with van der Waals surface area (Å²) in [5.41, 5.74) is 2.78. The summed E-state index contributed by atoms with van der Waals surface area (Å²) in [6, 6.07) is 15.3. The Morgan fingerprint density at radius 3 is 2.64 bits per heavy atom. The standard InChI is InChI=1S/C21H19IN2O4/c1-14-6-8-15(9-7-14)18-12-23-20(28-18)10-11-21(26)27-13-19(25)24-17-5-3-2-4-16(17)22/h2-9,12H,10-11,13H2,1H3,(H,24,25). The van der Waals surface area contributed by atoms with Gasteiger partial charge in [0.2, 0.25) is 0 Å². The zero-order chi connectivity index (χ0) is 19.9. The number of halogens is 1. The second-order valence-corrected chi connectivity index (χ2v) is 7.34. The van der Waals surface area contributed by atoms with Gasteiger partial charge in [0, 0.05) is 15.6 Å². The molecule has 0 radical (unpaired) electrons. The van der Waals surface area contributed by atoms with Crippen molar-refractivity contribution in [2.24, 2.45) is 0 Å². The molecule has 28 heavy (non-hydrogen) atoms. The van der Waals surface area contributed by atoms with E-state index in [9.17, 15) is 9.59 Å². The van der Waals surface area contributed by atoms with Crippen LogP contribution in [0.1, 0.15) is 17.9 Å². The maximum Gasteiger partial charge on any atom is 0.306 e. The number of nitrogens with one attached hydrogen (secondary N) is 1. The van der Waals surface area contributed by atoms with Crippen LogP contribution in [0.5, 0.6) is 0 Å². The quantitative estimate of drug-likeness (QED) is 0.393. The second kappa shape index (κ2) is 9.50. The van der Waals surface area contributed by atoms with E-state index >= 15 is 0 Å². The molecule has 3 aromatic rings. The molecule has 1 amide bonds. The van der Waals surface area contributed by atoms with Gasteiger partial charge in [0.15, 0.2) is 18.3 Å². The van der Waals surface area contributed by atoms with Crippen molar-refractivity contribution in [1.29, 1.82) is 0 Å². The highest BCUT2D eigenvalue weighted by atomic mass is 127. The van der Waals surface area contributed by atoms with Gasteiger partial charge in [-0.15, -0.1) is 0 Å². The summed E-state index contributed by atoms with van der Waals surface area (Å²) in [6.07, 6.45) is 2.03. The number of hydrogen-bond acceptors (Lipinski definition) is 5. The number of esters is 1. The van der Waals surface area contributed by atoms with E-state index in [2.05, 4.69) is 32.9 Å². The third-order valence-corrected chi connectivity index (χ3v) is 4.89. The fraction of sp³-hybridized carbons (Fsp3) is 0.190. The Bertz CT molecular complexity index is 967. The molecule has 0 saturated carbocycles. The summed E-state index contributed by atoms with van der Waals surface area (Å²) in [7, 11) is 0. The molecular formula is C21H19IN2O4. The van der Waals surface area contributed by atoms with Crippen molar-refractivity contribution in [2.75, 3.05) is 11.9 Å². The number of ether oxygens (including phenoxy) is 1. The van der Waals surface area contributed by atoms with Gasteiger partial charge in [-0.2, -0.15) is 0 Å². The smallest absolute Gasteiger partial charge is 0.306 e. The summed E-state index contributed by atoms with van der Waals surface area (Å²) < 4.78 is 11.6. The van der Waals surface area contributed by atoms with Crippen LogP contribution in [0.15, 0.2) is 59.1 Å². The number of aryl methyl sites for hydroxylation is 2. The van der Waals surface area contributed by atoms with Crippen molar-refractivity contribution in [1.82, 2.24) is 4.98 Å². The molecule has 7 heteroatoms. The van der Waals surface area contributed by atoms with Crippen molar-refractivity contribution >= 4 is 40.2 Å². The number of amides is 1. The average molecular weight is 490 g/mol. The van der Waals surface area contributed by atoms with Crippen molar-refractivity contribution in [2.45, 2.75) is 19.8 Å². The number of carbonyl (C=O) groups excluding carboxylic acids is 2. The van der Waals surface area contributed by atoms with Crippen LogP contribution in [0.25, 0.3) is 11.3 Å². The molecule has 0 unspecified atom stereocenters. The Hall–Kier alpha value is -2.68. The van der Waals surface area contributed by atoms with E-state index in [0.29, 0.717) is 23.8 Å². The molecule has 0 bridgehead atoms. The number of carbonyl (C=O) groups is 2. The highest BCUT2D eigenvalue weighted by Crippen LogP contribution is 2.21. The summed E-state index contributed by atoms with van der Waals surface area (Å²) in [6.45, 7) is 1.69. The van der Waals surface area contributed by atoms with Crippen LogP contribution in [-0.2, 0) is 20.7 Å². The number of oxazole rings is 1. The normalized spacial score (nSPS) is 10.5. The van der Waals surface area contributed by atoms with Gasteiger partial charge in [-0.25, -0.2) is 4.98 Å². The Labute approximate surface area is 176 Å². The Morgan fingerprint density at radius 1 is 1.14 bits per heavy atom. The van der Waals surface area contributed by atoms with Gasteiger partial charge >= 0.3 is 5.97 Å². The fourth-order valence-corrected chi connectivity index (χ4v) is 2.98. The minimum absolute atomic E-state index is 0.0873. The topological polar surface area (TPSA) is 81.4 Å². The number of aromatic nitrogens is 1. The number of hydrogen-bond donors (Lipinski definition) is 1. The molecule has 3 rings (SSSR count). The molecule has 1 N–H and O–H groups in total. The fourth-order valence-electron chi connectivity index (χ4n) is 2.45. The first-order chi connectivity index (χ1) is 13.5. The van der Waals surface area contributed by atoms with E-state index < -0.39 is 5.97 Å². The first-order valence-corrected chi connectivity index (χ1v) is 9.81. The number of rotatable bonds is 7. The second-order valence-electron chi connectivity index (χ2n) is 6.17. The van der Waals surface area contributed by atoms with E-state index in [1.165, 1.54) is 0 Å². The van der Waals surface area contributed by atoms with Crippen LogP contribution in [0, 0.1) is 10.5 Å². The van der Waals surface area contributed by atoms with Crippen LogP contribution in [0.2, 0.25) is 0 Å². The number of anilines is 1. The number of para-hydroxylation sites is 1. The average Bonchev–Trinajstić information content (AvgIpc) is 3.16. The van der Waals surface area contributed by atoms with Crippen LogP contribution < -0.4 is 5.32 Å². The van der Waals surface area contributed by atoms with E-state index in [1.54, 1.807) is 12.3 Å². The van der Waals surface area contributed by atoms with E-state index in [0.717, 1.165) is 14.7 Å². The number of nitrogens with zero attached hydrogens (tertiary/aromatic N) is 1. The molecule has 144 valence electrons. The molecule has 6 nitrogen and oxygen atoms in total. The number of benzene rings is 2. The maximum atomic E-state index is 11.9. The molecule has 0 aliphatic carbocycles. The molecule has 0 saturated heterocycles. The zero-order valence-electron chi connectivity index (χ0n) is 15.3. The molecule has 0 atom stereocenters. The Morgan fingerprint density at radius 2 is 1.89 bits per heavy atom. The van der Waals surface area contributed by atoms with E-state index in [4.69, 9.17) is 9.15 Å². The predicted octanol–water partition coefficient (Wildman–Crippen LogP) is 4.37. The van der Waals surface area contributed by atoms with Crippen molar-refractivity contribution < 1.29 is 18.7 Å². The van der Waals surface area contributed by atoms with Crippen LogP contribution in [-0.4, -0.2) is 23.5 Å². The largest absolute Gasteiger partial charge is 0.456 e.